The first kappa shape index (κ1) is 22.5. The predicted octanol–water partition coefficient (Wildman–Crippen LogP) is 5.09. The van der Waals surface area contributed by atoms with Gasteiger partial charge in [0.1, 0.15) is 0 Å². The zero-order chi connectivity index (χ0) is 23.7. The van der Waals surface area contributed by atoms with Crippen molar-refractivity contribution < 1.29 is 9.90 Å². The Morgan fingerprint density at radius 3 is 2.27 bits per heavy atom. The molecule has 0 aliphatic heterocycles. The summed E-state index contributed by atoms with van der Waals surface area (Å²) >= 11 is 0. The van der Waals surface area contributed by atoms with Crippen molar-refractivity contribution in [1.29, 1.82) is 0 Å². The standard InChI is InChI=1S/C28H28N2O3/c1-18-5-10-23(28(32)33)15-26(18)22-11-12-25-24(14-22)13-19(2)30(27(25)31)17-21-8-6-20(7-9-21)16-29(3)4/h5-15H,16-17H2,1-4H3,(H,32,33). The fourth-order valence-corrected chi connectivity index (χ4v) is 4.21. The summed E-state index contributed by atoms with van der Waals surface area (Å²) in [6, 6.07) is 21.2. The molecule has 0 aliphatic carbocycles. The smallest absolute Gasteiger partial charge is 0.335 e. The monoisotopic (exact) mass is 440 g/mol. The maximum atomic E-state index is 13.3. The Kier molecular flexibility index (Phi) is 6.16. The van der Waals surface area contributed by atoms with Crippen molar-refractivity contribution in [2.45, 2.75) is 26.9 Å². The maximum Gasteiger partial charge on any atom is 0.335 e. The van der Waals surface area contributed by atoms with Crippen LogP contribution in [0.15, 0.2) is 71.5 Å². The van der Waals surface area contributed by atoms with Gasteiger partial charge >= 0.3 is 5.97 Å². The molecule has 4 rings (SSSR count). The molecule has 0 bridgehead atoms. The second kappa shape index (κ2) is 9.04. The molecule has 1 N–H and O–H groups in total. The number of pyridine rings is 1. The highest BCUT2D eigenvalue weighted by atomic mass is 16.4. The lowest BCUT2D eigenvalue weighted by atomic mass is 9.96. The minimum absolute atomic E-state index is 0.0232. The molecule has 0 atom stereocenters. The van der Waals surface area contributed by atoms with Crippen molar-refractivity contribution >= 4 is 16.7 Å². The van der Waals surface area contributed by atoms with Gasteiger partial charge in [0.25, 0.3) is 5.56 Å². The highest BCUT2D eigenvalue weighted by molar-refractivity contribution is 5.92. The van der Waals surface area contributed by atoms with Crippen LogP contribution >= 0.6 is 0 Å². The first-order chi connectivity index (χ1) is 15.7. The summed E-state index contributed by atoms with van der Waals surface area (Å²) in [7, 11) is 4.09. The second-order valence-electron chi connectivity index (χ2n) is 8.87. The van der Waals surface area contributed by atoms with Gasteiger partial charge in [0.15, 0.2) is 0 Å². The van der Waals surface area contributed by atoms with E-state index in [4.69, 9.17) is 0 Å². The SMILES string of the molecule is Cc1ccc(C(=O)O)cc1-c1ccc2c(=O)n(Cc3ccc(CN(C)C)cc3)c(C)cc2c1. The van der Waals surface area contributed by atoms with Crippen LogP contribution in [0.3, 0.4) is 0 Å². The van der Waals surface area contributed by atoms with Crippen LogP contribution in [-0.2, 0) is 13.1 Å². The van der Waals surface area contributed by atoms with Crippen LogP contribution < -0.4 is 5.56 Å². The number of carboxylic acid groups (broad SMARTS) is 1. The van der Waals surface area contributed by atoms with E-state index >= 15 is 0 Å². The van der Waals surface area contributed by atoms with E-state index in [1.54, 1.807) is 16.7 Å². The number of carbonyl (C=O) groups is 1. The molecule has 0 unspecified atom stereocenters. The van der Waals surface area contributed by atoms with Crippen LogP contribution in [-0.4, -0.2) is 34.6 Å². The minimum Gasteiger partial charge on any atom is -0.478 e. The predicted molar refractivity (Wildman–Crippen MR) is 133 cm³/mol. The fraction of sp³-hybridized carbons (Fsp3) is 0.214. The molecule has 0 amide bonds. The molecule has 5 nitrogen and oxygen atoms in total. The summed E-state index contributed by atoms with van der Waals surface area (Å²) < 4.78 is 1.80. The van der Waals surface area contributed by atoms with Crippen LogP contribution in [0.2, 0.25) is 0 Å². The van der Waals surface area contributed by atoms with E-state index in [9.17, 15) is 14.7 Å². The number of rotatable bonds is 6. The molecule has 5 heteroatoms. The zero-order valence-corrected chi connectivity index (χ0v) is 19.4. The van der Waals surface area contributed by atoms with Crippen molar-refractivity contribution in [1.82, 2.24) is 9.47 Å². The number of fused-ring (bicyclic) bond motifs is 1. The van der Waals surface area contributed by atoms with Crippen molar-refractivity contribution in [3.05, 3.63) is 105 Å². The highest BCUT2D eigenvalue weighted by Gasteiger charge is 2.12. The maximum absolute atomic E-state index is 13.3. The first-order valence-corrected chi connectivity index (χ1v) is 10.9. The average molecular weight is 441 g/mol. The van der Waals surface area contributed by atoms with Crippen LogP contribution in [0, 0.1) is 13.8 Å². The molecular formula is C28H28N2O3. The van der Waals surface area contributed by atoms with Gasteiger partial charge in [-0.05, 0) is 91.5 Å². The molecule has 4 aromatic rings. The van der Waals surface area contributed by atoms with Gasteiger partial charge in [0.2, 0.25) is 0 Å². The molecule has 1 heterocycles. The van der Waals surface area contributed by atoms with E-state index in [1.165, 1.54) is 5.56 Å². The van der Waals surface area contributed by atoms with Crippen LogP contribution in [0.5, 0.6) is 0 Å². The Bertz CT molecular complexity index is 1400. The molecule has 1 aromatic heterocycles. The number of aromatic nitrogens is 1. The normalized spacial score (nSPS) is 11.3. The highest BCUT2D eigenvalue weighted by Crippen LogP contribution is 2.28. The van der Waals surface area contributed by atoms with Crippen molar-refractivity contribution in [2.75, 3.05) is 14.1 Å². The van der Waals surface area contributed by atoms with E-state index in [2.05, 4.69) is 29.2 Å². The second-order valence-corrected chi connectivity index (χ2v) is 8.87. The van der Waals surface area contributed by atoms with E-state index in [1.807, 2.05) is 58.3 Å². The van der Waals surface area contributed by atoms with Gasteiger partial charge in [-0.3, -0.25) is 4.79 Å². The van der Waals surface area contributed by atoms with E-state index < -0.39 is 5.97 Å². The Morgan fingerprint density at radius 1 is 0.909 bits per heavy atom. The van der Waals surface area contributed by atoms with Gasteiger partial charge < -0.3 is 14.6 Å². The van der Waals surface area contributed by atoms with Gasteiger partial charge in [-0.2, -0.15) is 0 Å². The summed E-state index contributed by atoms with van der Waals surface area (Å²) in [6.45, 7) is 5.30. The molecule has 0 saturated heterocycles. The lowest BCUT2D eigenvalue weighted by Crippen LogP contribution is -2.23. The Morgan fingerprint density at radius 2 is 1.61 bits per heavy atom. The Balaban J connectivity index is 1.71. The molecule has 0 saturated carbocycles. The van der Waals surface area contributed by atoms with Gasteiger partial charge in [-0.1, -0.05) is 36.4 Å². The quantitative estimate of drug-likeness (QED) is 0.453. The first-order valence-electron chi connectivity index (χ1n) is 10.9. The zero-order valence-electron chi connectivity index (χ0n) is 19.4. The molecule has 3 aromatic carbocycles. The molecule has 0 aliphatic rings. The number of aryl methyl sites for hydroxylation is 2. The molecule has 0 radical (unpaired) electrons. The lowest BCUT2D eigenvalue weighted by Gasteiger charge is -2.14. The van der Waals surface area contributed by atoms with E-state index in [-0.39, 0.29) is 11.1 Å². The third-order valence-corrected chi connectivity index (χ3v) is 5.98. The molecule has 33 heavy (non-hydrogen) atoms. The van der Waals surface area contributed by atoms with E-state index in [0.717, 1.165) is 39.9 Å². The Hall–Kier alpha value is -3.70. The molecule has 168 valence electrons. The topological polar surface area (TPSA) is 62.5 Å². The summed E-state index contributed by atoms with van der Waals surface area (Å²) in [4.78, 5) is 26.8. The molecule has 0 fully saturated rings. The number of aromatic carboxylic acids is 1. The third kappa shape index (κ3) is 4.73. The summed E-state index contributed by atoms with van der Waals surface area (Å²) in [5.74, 6) is -0.953. The Labute approximate surface area is 193 Å². The number of nitrogens with zero attached hydrogens (tertiary/aromatic N) is 2. The summed E-state index contributed by atoms with van der Waals surface area (Å²) in [6.07, 6.45) is 0. The van der Waals surface area contributed by atoms with Crippen molar-refractivity contribution in [3.8, 4) is 11.1 Å². The van der Waals surface area contributed by atoms with Crippen molar-refractivity contribution in [2.24, 2.45) is 0 Å². The van der Waals surface area contributed by atoms with Gasteiger partial charge in [0, 0.05) is 17.6 Å². The average Bonchev–Trinajstić information content (AvgIpc) is 2.77. The number of benzene rings is 3. The van der Waals surface area contributed by atoms with Crippen LogP contribution in [0.1, 0.15) is 32.7 Å². The van der Waals surface area contributed by atoms with E-state index in [0.29, 0.717) is 11.9 Å². The van der Waals surface area contributed by atoms with Crippen LogP contribution in [0.4, 0.5) is 0 Å². The lowest BCUT2D eigenvalue weighted by molar-refractivity contribution is 0.0697. The van der Waals surface area contributed by atoms with Gasteiger partial charge in [-0.15, -0.1) is 0 Å². The third-order valence-electron chi connectivity index (χ3n) is 5.98. The molecule has 0 spiro atoms. The summed E-state index contributed by atoms with van der Waals surface area (Å²) in [5, 5.41) is 10.9. The van der Waals surface area contributed by atoms with Crippen LogP contribution in [0.25, 0.3) is 21.9 Å². The summed E-state index contributed by atoms with van der Waals surface area (Å²) in [5.41, 5.74) is 6.18. The number of hydrogen-bond acceptors (Lipinski definition) is 3. The largest absolute Gasteiger partial charge is 0.478 e. The minimum atomic E-state index is -0.953. The van der Waals surface area contributed by atoms with Gasteiger partial charge in [-0.25, -0.2) is 4.79 Å². The van der Waals surface area contributed by atoms with Crippen molar-refractivity contribution in [3.63, 3.8) is 0 Å². The number of hydrogen-bond donors (Lipinski definition) is 1. The fourth-order valence-electron chi connectivity index (χ4n) is 4.21. The van der Waals surface area contributed by atoms with Gasteiger partial charge in [0.05, 0.1) is 12.1 Å². The molecular weight excluding hydrogens is 412 g/mol. The number of carboxylic acids is 1.